The number of methoxy groups -OCH3 is 2. The third-order valence-electron chi connectivity index (χ3n) is 4.61. The average molecular weight is 356 g/mol. The molecule has 0 atom stereocenters. The number of phenolic OH excluding ortho intramolecular Hbond substituents is 2. The van der Waals surface area contributed by atoms with Crippen LogP contribution in [0.4, 0.5) is 0 Å². The molecule has 0 aliphatic heterocycles. The van der Waals surface area contributed by atoms with Crippen LogP contribution in [-0.4, -0.2) is 24.4 Å². The highest BCUT2D eigenvalue weighted by atomic mass is 16.5. The van der Waals surface area contributed by atoms with Crippen LogP contribution in [0.5, 0.6) is 23.0 Å². The van der Waals surface area contributed by atoms with Gasteiger partial charge in [0.25, 0.3) is 0 Å². The second-order valence-electron chi connectivity index (χ2n) is 6.53. The van der Waals surface area contributed by atoms with E-state index in [1.165, 1.54) is 32.4 Å². The van der Waals surface area contributed by atoms with Crippen molar-refractivity contribution in [2.45, 2.75) is 19.3 Å². The fourth-order valence-electron chi connectivity index (χ4n) is 2.98. The summed E-state index contributed by atoms with van der Waals surface area (Å²) in [7, 11) is 2.77. The van der Waals surface area contributed by atoms with Crippen molar-refractivity contribution in [2.24, 2.45) is 0 Å². The van der Waals surface area contributed by atoms with Crippen LogP contribution in [-0.2, 0) is 5.41 Å². The van der Waals surface area contributed by atoms with E-state index in [0.717, 1.165) is 0 Å². The van der Waals surface area contributed by atoms with Crippen LogP contribution in [0.3, 0.4) is 0 Å². The van der Waals surface area contributed by atoms with Crippen LogP contribution in [0.2, 0.25) is 0 Å². The van der Waals surface area contributed by atoms with E-state index in [1.807, 2.05) is 13.8 Å². The number of ether oxygens (including phenoxy) is 2. The smallest absolute Gasteiger partial charge is 0.204 e. The summed E-state index contributed by atoms with van der Waals surface area (Å²) in [6, 6.07) is 4.46. The zero-order valence-electron chi connectivity index (χ0n) is 15.0. The van der Waals surface area contributed by atoms with Gasteiger partial charge in [-0.05, 0) is 18.2 Å². The molecular weight excluding hydrogens is 336 g/mol. The number of fused-ring (bicyclic) bond motifs is 2. The van der Waals surface area contributed by atoms with Crippen molar-refractivity contribution in [1.29, 1.82) is 0 Å². The molecule has 0 amide bonds. The Morgan fingerprint density at radius 2 is 1.85 bits per heavy atom. The zero-order valence-corrected chi connectivity index (χ0v) is 15.0. The summed E-state index contributed by atoms with van der Waals surface area (Å²) < 4.78 is 16.3. The minimum absolute atomic E-state index is 0.00991. The molecule has 2 N–H and O–H groups in total. The standard InChI is InChI=1S/C20H20O6/c1-6-20(2,3)11-9-12(21)19(25-5)14-15(22)10-7-8-13(24-4)16(23)17(10)26-18(11)14/h6-9,21,23H,1H2,2-5H3. The third kappa shape index (κ3) is 2.37. The third-order valence-corrected chi connectivity index (χ3v) is 4.61. The fraction of sp³-hybridized carbons (Fsp3) is 0.250. The van der Waals surface area contributed by atoms with Crippen LogP contribution >= 0.6 is 0 Å². The number of allylic oxidation sites excluding steroid dienone is 1. The van der Waals surface area contributed by atoms with E-state index >= 15 is 0 Å². The molecule has 0 fully saturated rings. The predicted octanol–water partition coefficient (Wildman–Crippen LogP) is 3.84. The first kappa shape index (κ1) is 17.7. The van der Waals surface area contributed by atoms with E-state index in [-0.39, 0.29) is 44.9 Å². The maximum absolute atomic E-state index is 13.1. The van der Waals surface area contributed by atoms with Crippen molar-refractivity contribution < 1.29 is 24.1 Å². The van der Waals surface area contributed by atoms with Gasteiger partial charge in [-0.3, -0.25) is 4.79 Å². The van der Waals surface area contributed by atoms with Crippen molar-refractivity contribution in [3.63, 3.8) is 0 Å². The van der Waals surface area contributed by atoms with Crippen molar-refractivity contribution in [3.05, 3.63) is 46.6 Å². The van der Waals surface area contributed by atoms with E-state index in [2.05, 4.69) is 6.58 Å². The second-order valence-corrected chi connectivity index (χ2v) is 6.53. The first-order chi connectivity index (χ1) is 12.3. The van der Waals surface area contributed by atoms with E-state index in [1.54, 1.807) is 6.08 Å². The topological polar surface area (TPSA) is 89.1 Å². The van der Waals surface area contributed by atoms with Crippen LogP contribution in [0.25, 0.3) is 21.9 Å². The monoisotopic (exact) mass is 356 g/mol. The molecule has 0 bridgehead atoms. The summed E-state index contributed by atoms with van der Waals surface area (Å²) >= 11 is 0. The highest BCUT2D eigenvalue weighted by Crippen LogP contribution is 2.43. The Morgan fingerprint density at radius 3 is 2.42 bits per heavy atom. The number of aromatic hydroxyl groups is 2. The lowest BCUT2D eigenvalue weighted by atomic mass is 9.83. The number of rotatable bonds is 4. The lowest BCUT2D eigenvalue weighted by Gasteiger charge is -2.23. The number of hydrogen-bond acceptors (Lipinski definition) is 6. The van der Waals surface area contributed by atoms with Crippen LogP contribution in [0.15, 0.2) is 40.1 Å². The van der Waals surface area contributed by atoms with Gasteiger partial charge in [-0.1, -0.05) is 19.9 Å². The molecule has 136 valence electrons. The highest BCUT2D eigenvalue weighted by molar-refractivity contribution is 5.99. The molecule has 0 aliphatic rings. The molecule has 6 heteroatoms. The zero-order chi connectivity index (χ0) is 19.2. The Balaban J connectivity index is 2.64. The number of hydrogen-bond donors (Lipinski definition) is 2. The largest absolute Gasteiger partial charge is 0.504 e. The second kappa shape index (κ2) is 5.98. The summed E-state index contributed by atoms with van der Waals surface area (Å²) in [6.07, 6.45) is 1.68. The molecule has 3 rings (SSSR count). The minimum atomic E-state index is -0.611. The van der Waals surface area contributed by atoms with Crippen molar-refractivity contribution >= 4 is 21.9 Å². The van der Waals surface area contributed by atoms with Gasteiger partial charge < -0.3 is 24.1 Å². The van der Waals surface area contributed by atoms with Crippen molar-refractivity contribution in [3.8, 4) is 23.0 Å². The Kier molecular flexibility index (Phi) is 4.06. The molecule has 26 heavy (non-hydrogen) atoms. The fourth-order valence-corrected chi connectivity index (χ4v) is 2.98. The lowest BCUT2D eigenvalue weighted by Crippen LogP contribution is -2.16. The Morgan fingerprint density at radius 1 is 1.15 bits per heavy atom. The first-order valence-electron chi connectivity index (χ1n) is 7.97. The summed E-state index contributed by atoms with van der Waals surface area (Å²) in [5, 5.41) is 21.0. The number of benzene rings is 2. The molecule has 0 radical (unpaired) electrons. The Hall–Kier alpha value is -3.15. The highest BCUT2D eigenvalue weighted by Gasteiger charge is 2.28. The maximum Gasteiger partial charge on any atom is 0.204 e. The first-order valence-corrected chi connectivity index (χ1v) is 7.97. The SMILES string of the molecule is C=CC(C)(C)c1cc(O)c(OC)c2c(=O)c3ccc(OC)c(O)c3oc12. The van der Waals surface area contributed by atoms with Gasteiger partial charge in [0.15, 0.2) is 22.8 Å². The van der Waals surface area contributed by atoms with E-state index in [9.17, 15) is 15.0 Å². The molecule has 0 spiro atoms. The number of phenols is 2. The maximum atomic E-state index is 13.1. The van der Waals surface area contributed by atoms with E-state index in [4.69, 9.17) is 13.9 Å². The van der Waals surface area contributed by atoms with E-state index < -0.39 is 10.8 Å². The molecule has 0 saturated carbocycles. The molecule has 0 saturated heterocycles. The van der Waals surface area contributed by atoms with Crippen LogP contribution in [0, 0.1) is 0 Å². The van der Waals surface area contributed by atoms with Gasteiger partial charge in [0, 0.05) is 11.0 Å². The van der Waals surface area contributed by atoms with Crippen LogP contribution in [0.1, 0.15) is 19.4 Å². The normalized spacial score (nSPS) is 11.7. The van der Waals surface area contributed by atoms with Gasteiger partial charge in [0.2, 0.25) is 11.2 Å². The van der Waals surface area contributed by atoms with E-state index in [0.29, 0.717) is 5.56 Å². The van der Waals surface area contributed by atoms with Gasteiger partial charge in [0.05, 0.1) is 19.6 Å². The quantitative estimate of drug-likeness (QED) is 0.545. The van der Waals surface area contributed by atoms with Crippen molar-refractivity contribution in [2.75, 3.05) is 14.2 Å². The molecule has 2 aromatic carbocycles. The minimum Gasteiger partial charge on any atom is -0.504 e. The van der Waals surface area contributed by atoms with Gasteiger partial charge >= 0.3 is 0 Å². The molecule has 6 nitrogen and oxygen atoms in total. The van der Waals surface area contributed by atoms with Gasteiger partial charge in [0.1, 0.15) is 11.0 Å². The average Bonchev–Trinajstić information content (AvgIpc) is 2.62. The van der Waals surface area contributed by atoms with Crippen molar-refractivity contribution in [1.82, 2.24) is 0 Å². The molecule has 1 heterocycles. The lowest BCUT2D eigenvalue weighted by molar-refractivity contribution is 0.371. The van der Waals surface area contributed by atoms with Crippen LogP contribution < -0.4 is 14.9 Å². The summed E-state index contributed by atoms with van der Waals surface area (Å²) in [6.45, 7) is 7.56. The summed E-state index contributed by atoms with van der Waals surface area (Å²) in [5.74, 6) is -0.224. The molecular formula is C20H20O6. The van der Waals surface area contributed by atoms with Gasteiger partial charge in [-0.15, -0.1) is 6.58 Å². The molecule has 3 aromatic rings. The summed E-state index contributed by atoms with van der Waals surface area (Å²) in [5.41, 5.74) is -0.267. The predicted molar refractivity (Wildman–Crippen MR) is 99.6 cm³/mol. The van der Waals surface area contributed by atoms with Gasteiger partial charge in [-0.2, -0.15) is 0 Å². The van der Waals surface area contributed by atoms with Gasteiger partial charge in [-0.25, -0.2) is 0 Å². The Labute approximate surface area is 149 Å². The molecule has 1 aromatic heterocycles. The summed E-state index contributed by atoms with van der Waals surface area (Å²) in [4.78, 5) is 13.1. The molecule has 0 aliphatic carbocycles. The Bertz CT molecular complexity index is 1090. The molecule has 0 unspecified atom stereocenters.